The molecule has 0 aliphatic carbocycles. The fourth-order valence-electron chi connectivity index (χ4n) is 3.93. The summed E-state index contributed by atoms with van der Waals surface area (Å²) in [6, 6.07) is 5.93. The first-order valence-corrected chi connectivity index (χ1v) is 11.3. The Balaban J connectivity index is 1.33. The van der Waals surface area contributed by atoms with Gasteiger partial charge < -0.3 is 20.3 Å². The van der Waals surface area contributed by atoms with Crippen molar-refractivity contribution in [3.63, 3.8) is 0 Å². The number of nitrogens with zero attached hydrogens (tertiary/aromatic N) is 3. The summed E-state index contributed by atoms with van der Waals surface area (Å²) in [6.45, 7) is 5.63. The van der Waals surface area contributed by atoms with Gasteiger partial charge in [0.25, 0.3) is 0 Å². The van der Waals surface area contributed by atoms with Crippen molar-refractivity contribution in [2.75, 3.05) is 38.2 Å². The van der Waals surface area contributed by atoms with Crippen molar-refractivity contribution in [2.45, 2.75) is 44.6 Å². The van der Waals surface area contributed by atoms with Crippen molar-refractivity contribution in [1.82, 2.24) is 20.2 Å². The van der Waals surface area contributed by atoms with Gasteiger partial charge in [0, 0.05) is 42.3 Å². The van der Waals surface area contributed by atoms with Crippen LogP contribution >= 0.6 is 11.3 Å². The molecule has 2 aromatic rings. The number of aromatic nitrogens is 2. The highest BCUT2D eigenvalue weighted by atomic mass is 32.1. The van der Waals surface area contributed by atoms with Crippen LogP contribution in [0.3, 0.4) is 0 Å². The third-order valence-corrected chi connectivity index (χ3v) is 6.47. The maximum Gasteiger partial charge on any atom is 0.242 e. The minimum Gasteiger partial charge on any atom is -0.378 e. The van der Waals surface area contributed by atoms with Gasteiger partial charge in [-0.1, -0.05) is 19.4 Å². The molecule has 1 amide bonds. The minimum atomic E-state index is -0.193. The SMILES string of the molecule is CCCc1cnc(Nc2cccc(C3CCN(C(=O)[C@H]4COCCN4)CC3)n2)s1. The minimum absolute atomic E-state index is 0.165. The van der Waals surface area contributed by atoms with Gasteiger partial charge in [0.15, 0.2) is 5.13 Å². The molecule has 4 rings (SSSR count). The number of nitrogens with one attached hydrogen (secondary N) is 2. The third kappa shape index (κ3) is 5.12. The van der Waals surface area contributed by atoms with E-state index in [-0.39, 0.29) is 11.9 Å². The number of hydrogen-bond donors (Lipinski definition) is 2. The lowest BCUT2D eigenvalue weighted by Crippen LogP contribution is -2.53. The topological polar surface area (TPSA) is 79.4 Å². The summed E-state index contributed by atoms with van der Waals surface area (Å²) >= 11 is 1.69. The monoisotopic (exact) mass is 415 g/mol. The number of pyridine rings is 1. The average molecular weight is 416 g/mol. The molecule has 2 N–H and O–H groups in total. The van der Waals surface area contributed by atoms with Crippen LogP contribution in [0.5, 0.6) is 0 Å². The Morgan fingerprint density at radius 2 is 2.24 bits per heavy atom. The lowest BCUT2D eigenvalue weighted by molar-refractivity contribution is -0.137. The maximum absolute atomic E-state index is 12.7. The second kappa shape index (κ2) is 9.65. The number of thiazole rings is 1. The summed E-state index contributed by atoms with van der Waals surface area (Å²) < 4.78 is 5.43. The Kier molecular flexibility index (Phi) is 6.74. The average Bonchev–Trinajstić information content (AvgIpc) is 3.21. The van der Waals surface area contributed by atoms with Gasteiger partial charge in [-0.05, 0) is 31.4 Å². The molecule has 7 nitrogen and oxygen atoms in total. The predicted octanol–water partition coefficient (Wildman–Crippen LogP) is 2.93. The highest BCUT2D eigenvalue weighted by Crippen LogP contribution is 2.29. The van der Waals surface area contributed by atoms with E-state index in [0.717, 1.165) is 62.0 Å². The van der Waals surface area contributed by atoms with Crippen LogP contribution in [-0.4, -0.2) is 59.7 Å². The molecular weight excluding hydrogens is 386 g/mol. The summed E-state index contributed by atoms with van der Waals surface area (Å²) in [6.07, 6.45) is 6.01. The van der Waals surface area contributed by atoms with E-state index in [9.17, 15) is 4.79 Å². The summed E-state index contributed by atoms with van der Waals surface area (Å²) in [5.41, 5.74) is 1.09. The van der Waals surface area contributed by atoms with Crippen molar-refractivity contribution >= 4 is 28.2 Å². The zero-order chi connectivity index (χ0) is 20.1. The molecule has 0 spiro atoms. The van der Waals surface area contributed by atoms with Crippen LogP contribution in [-0.2, 0) is 16.0 Å². The highest BCUT2D eigenvalue weighted by Gasteiger charge is 2.30. The van der Waals surface area contributed by atoms with Gasteiger partial charge in [0.1, 0.15) is 11.9 Å². The standard InChI is InChI=1S/C21H29N5O2S/c1-2-4-16-13-23-21(29-16)25-19-6-3-5-17(24-19)15-7-10-26(11-8-15)20(27)18-14-28-12-9-22-18/h3,5-6,13,15,18,22H,2,4,7-12,14H2,1H3,(H,23,24,25)/t18-/m1/s1. The maximum atomic E-state index is 12.7. The Morgan fingerprint density at radius 3 is 3.00 bits per heavy atom. The van der Waals surface area contributed by atoms with E-state index in [1.165, 1.54) is 4.88 Å². The van der Waals surface area contributed by atoms with Crippen molar-refractivity contribution in [3.05, 3.63) is 35.0 Å². The van der Waals surface area contributed by atoms with Crippen LogP contribution < -0.4 is 10.6 Å². The van der Waals surface area contributed by atoms with E-state index in [0.29, 0.717) is 19.1 Å². The molecule has 8 heteroatoms. The first kappa shape index (κ1) is 20.3. The normalized spacial score (nSPS) is 20.6. The van der Waals surface area contributed by atoms with Gasteiger partial charge in [-0.15, -0.1) is 11.3 Å². The van der Waals surface area contributed by atoms with Crippen LogP contribution in [0.1, 0.15) is 42.7 Å². The van der Waals surface area contributed by atoms with E-state index in [1.807, 2.05) is 23.2 Å². The Bertz CT molecular complexity index is 813. The molecule has 156 valence electrons. The molecule has 2 fully saturated rings. The van der Waals surface area contributed by atoms with E-state index in [4.69, 9.17) is 9.72 Å². The molecule has 0 unspecified atom stereocenters. The summed E-state index contributed by atoms with van der Waals surface area (Å²) in [7, 11) is 0. The number of piperidine rings is 1. The van der Waals surface area contributed by atoms with Crippen LogP contribution in [0.15, 0.2) is 24.4 Å². The van der Waals surface area contributed by atoms with E-state index < -0.39 is 0 Å². The zero-order valence-electron chi connectivity index (χ0n) is 16.9. The molecule has 2 aliphatic heterocycles. The number of rotatable bonds is 6. The lowest BCUT2D eigenvalue weighted by Gasteiger charge is -2.35. The molecule has 0 saturated carbocycles. The smallest absolute Gasteiger partial charge is 0.242 e. The Morgan fingerprint density at radius 1 is 1.38 bits per heavy atom. The largest absolute Gasteiger partial charge is 0.378 e. The van der Waals surface area contributed by atoms with E-state index >= 15 is 0 Å². The molecular formula is C21H29N5O2S. The number of anilines is 2. The second-order valence-corrected chi connectivity index (χ2v) is 8.75. The van der Waals surface area contributed by atoms with Crippen LogP contribution in [0.25, 0.3) is 0 Å². The van der Waals surface area contributed by atoms with Gasteiger partial charge in [0.05, 0.1) is 13.2 Å². The summed E-state index contributed by atoms with van der Waals surface area (Å²) in [5, 5.41) is 7.49. The molecule has 2 aliphatic rings. The molecule has 0 radical (unpaired) electrons. The van der Waals surface area contributed by atoms with Gasteiger partial charge in [-0.25, -0.2) is 9.97 Å². The van der Waals surface area contributed by atoms with Crippen molar-refractivity contribution in [2.24, 2.45) is 0 Å². The number of carbonyl (C=O) groups is 1. The Hall–Kier alpha value is -2.03. The summed E-state index contributed by atoms with van der Waals surface area (Å²) in [4.78, 5) is 25.2. The Labute approximate surface area is 175 Å². The molecule has 2 saturated heterocycles. The van der Waals surface area contributed by atoms with Gasteiger partial charge in [-0.2, -0.15) is 0 Å². The lowest BCUT2D eigenvalue weighted by atomic mass is 9.92. The van der Waals surface area contributed by atoms with E-state index in [2.05, 4.69) is 28.6 Å². The molecule has 0 bridgehead atoms. The molecule has 0 aromatic carbocycles. The number of carbonyl (C=O) groups excluding carboxylic acids is 1. The number of hydrogen-bond acceptors (Lipinski definition) is 7. The number of likely N-dealkylation sites (tertiary alicyclic amines) is 1. The quantitative estimate of drug-likeness (QED) is 0.755. The molecule has 2 aromatic heterocycles. The third-order valence-electron chi connectivity index (χ3n) is 5.50. The molecule has 1 atom stereocenters. The second-order valence-electron chi connectivity index (χ2n) is 7.64. The molecule has 29 heavy (non-hydrogen) atoms. The zero-order valence-corrected chi connectivity index (χ0v) is 17.7. The fraction of sp³-hybridized carbons (Fsp3) is 0.571. The summed E-state index contributed by atoms with van der Waals surface area (Å²) in [5.74, 6) is 1.38. The van der Waals surface area contributed by atoms with Crippen LogP contribution in [0.2, 0.25) is 0 Å². The number of morpholine rings is 1. The van der Waals surface area contributed by atoms with Crippen LogP contribution in [0.4, 0.5) is 10.9 Å². The van der Waals surface area contributed by atoms with Gasteiger partial charge >= 0.3 is 0 Å². The van der Waals surface area contributed by atoms with Crippen molar-refractivity contribution in [3.8, 4) is 0 Å². The number of ether oxygens (including phenoxy) is 1. The fourth-order valence-corrected chi connectivity index (χ4v) is 4.85. The first-order chi connectivity index (χ1) is 14.2. The van der Waals surface area contributed by atoms with Crippen molar-refractivity contribution < 1.29 is 9.53 Å². The number of aryl methyl sites for hydroxylation is 1. The first-order valence-electron chi connectivity index (χ1n) is 10.5. The highest BCUT2D eigenvalue weighted by molar-refractivity contribution is 7.15. The predicted molar refractivity (Wildman–Crippen MR) is 115 cm³/mol. The number of amides is 1. The van der Waals surface area contributed by atoms with E-state index in [1.54, 1.807) is 11.3 Å². The van der Waals surface area contributed by atoms with Gasteiger partial charge in [0.2, 0.25) is 5.91 Å². The van der Waals surface area contributed by atoms with Crippen molar-refractivity contribution in [1.29, 1.82) is 0 Å². The molecule has 4 heterocycles. The van der Waals surface area contributed by atoms with Gasteiger partial charge in [-0.3, -0.25) is 4.79 Å². The van der Waals surface area contributed by atoms with Crippen LogP contribution in [0, 0.1) is 0 Å².